The molecule has 1 heterocycles. The van der Waals surface area contributed by atoms with Gasteiger partial charge in [0.05, 0.1) is 20.1 Å². The van der Waals surface area contributed by atoms with Crippen LogP contribution in [0.2, 0.25) is 0 Å². The van der Waals surface area contributed by atoms with Crippen LogP contribution in [0.4, 0.5) is 0 Å². The highest BCUT2D eigenvalue weighted by Crippen LogP contribution is 2.20. The van der Waals surface area contributed by atoms with Crippen molar-refractivity contribution in [2.45, 2.75) is 19.3 Å². The van der Waals surface area contributed by atoms with E-state index in [1.165, 1.54) is 12.0 Å². The van der Waals surface area contributed by atoms with Gasteiger partial charge in [0, 0.05) is 26.6 Å². The van der Waals surface area contributed by atoms with E-state index in [9.17, 15) is 14.4 Å². The number of carbonyl (C=O) groups excluding carboxylic acids is 3. The molecule has 142 valence electrons. The lowest BCUT2D eigenvalue weighted by Gasteiger charge is -2.33. The molecule has 0 spiro atoms. The lowest BCUT2D eigenvalue weighted by Crippen LogP contribution is -2.47. The van der Waals surface area contributed by atoms with Gasteiger partial charge >= 0.3 is 5.97 Å². The lowest BCUT2D eigenvalue weighted by atomic mass is 9.95. The zero-order valence-corrected chi connectivity index (χ0v) is 15.6. The standard InChI is InChI=1S/C19H26N2O5/c1-20(13-18(23)26-3)19(24)15-6-9-17(22)21(12-15)11-10-14-4-7-16(25-2)8-5-14/h4-5,7-8,15H,6,9-13H2,1-3H3. The first-order valence-electron chi connectivity index (χ1n) is 8.67. The molecule has 7 heteroatoms. The van der Waals surface area contributed by atoms with E-state index in [4.69, 9.17) is 4.74 Å². The van der Waals surface area contributed by atoms with Crippen LogP contribution in [0.15, 0.2) is 24.3 Å². The molecule has 1 saturated heterocycles. The van der Waals surface area contributed by atoms with Crippen molar-refractivity contribution in [1.29, 1.82) is 0 Å². The molecule has 0 saturated carbocycles. The molecule has 1 atom stereocenters. The van der Waals surface area contributed by atoms with E-state index in [1.54, 1.807) is 19.1 Å². The normalized spacial score (nSPS) is 17.0. The molecule has 1 aliphatic rings. The molecule has 1 aromatic carbocycles. The number of likely N-dealkylation sites (N-methyl/N-ethyl adjacent to an activating group) is 1. The summed E-state index contributed by atoms with van der Waals surface area (Å²) >= 11 is 0. The van der Waals surface area contributed by atoms with Crippen molar-refractivity contribution in [2.75, 3.05) is 40.9 Å². The summed E-state index contributed by atoms with van der Waals surface area (Å²) < 4.78 is 9.73. The SMILES string of the molecule is COC(=O)CN(C)C(=O)C1CCC(=O)N(CCc2ccc(OC)cc2)C1. The fourth-order valence-electron chi connectivity index (χ4n) is 3.04. The molecule has 1 fully saturated rings. The van der Waals surface area contributed by atoms with Gasteiger partial charge in [0.1, 0.15) is 12.3 Å². The number of esters is 1. The molecule has 1 aliphatic heterocycles. The minimum absolute atomic E-state index is 0.0678. The van der Waals surface area contributed by atoms with Crippen molar-refractivity contribution in [3.63, 3.8) is 0 Å². The highest BCUT2D eigenvalue weighted by Gasteiger charge is 2.32. The minimum Gasteiger partial charge on any atom is -0.497 e. The smallest absolute Gasteiger partial charge is 0.325 e. The molecule has 2 amide bonds. The van der Waals surface area contributed by atoms with Crippen LogP contribution in [-0.2, 0) is 25.5 Å². The molecular weight excluding hydrogens is 336 g/mol. The molecule has 0 bridgehead atoms. The van der Waals surface area contributed by atoms with Gasteiger partial charge in [-0.3, -0.25) is 14.4 Å². The molecule has 0 aromatic heterocycles. The van der Waals surface area contributed by atoms with Crippen LogP contribution in [0.1, 0.15) is 18.4 Å². The van der Waals surface area contributed by atoms with Gasteiger partial charge in [0.25, 0.3) is 0 Å². The second kappa shape index (κ2) is 9.22. The van der Waals surface area contributed by atoms with E-state index in [2.05, 4.69) is 4.74 Å². The van der Waals surface area contributed by atoms with Gasteiger partial charge in [-0.1, -0.05) is 12.1 Å². The van der Waals surface area contributed by atoms with E-state index in [1.807, 2.05) is 24.3 Å². The number of carbonyl (C=O) groups is 3. The van der Waals surface area contributed by atoms with Crippen molar-refractivity contribution >= 4 is 17.8 Å². The van der Waals surface area contributed by atoms with E-state index < -0.39 is 5.97 Å². The topological polar surface area (TPSA) is 76.2 Å². The predicted octanol–water partition coefficient (Wildman–Crippen LogP) is 1.11. The first kappa shape index (κ1) is 19.8. The van der Waals surface area contributed by atoms with E-state index in [0.717, 1.165) is 11.3 Å². The fraction of sp³-hybridized carbons (Fsp3) is 0.526. The number of ether oxygens (including phenoxy) is 2. The van der Waals surface area contributed by atoms with Crippen LogP contribution in [0.5, 0.6) is 5.75 Å². The van der Waals surface area contributed by atoms with Crippen LogP contribution in [0.3, 0.4) is 0 Å². The quantitative estimate of drug-likeness (QED) is 0.679. The second-order valence-electron chi connectivity index (χ2n) is 6.44. The first-order valence-corrected chi connectivity index (χ1v) is 8.67. The van der Waals surface area contributed by atoms with E-state index in [0.29, 0.717) is 32.4 Å². The van der Waals surface area contributed by atoms with Gasteiger partial charge in [0.2, 0.25) is 11.8 Å². The minimum atomic E-state index is -0.455. The van der Waals surface area contributed by atoms with Gasteiger partial charge in [-0.2, -0.15) is 0 Å². The van der Waals surface area contributed by atoms with Crippen LogP contribution in [0.25, 0.3) is 0 Å². The number of nitrogens with zero attached hydrogens (tertiary/aromatic N) is 2. The summed E-state index contributed by atoms with van der Waals surface area (Å²) in [6.45, 7) is 0.876. The monoisotopic (exact) mass is 362 g/mol. The highest BCUT2D eigenvalue weighted by atomic mass is 16.5. The summed E-state index contributed by atoms with van der Waals surface area (Å²) in [6, 6.07) is 7.73. The van der Waals surface area contributed by atoms with Crippen LogP contribution in [-0.4, -0.2) is 68.5 Å². The van der Waals surface area contributed by atoms with Gasteiger partial charge in [-0.05, 0) is 30.5 Å². The molecular formula is C19H26N2O5. The summed E-state index contributed by atoms with van der Waals surface area (Å²) in [5.41, 5.74) is 1.11. The Kier molecular flexibility index (Phi) is 7.00. The summed E-state index contributed by atoms with van der Waals surface area (Å²) in [5, 5.41) is 0. The number of piperidine rings is 1. The zero-order chi connectivity index (χ0) is 19.1. The highest BCUT2D eigenvalue weighted by molar-refractivity contribution is 5.86. The van der Waals surface area contributed by atoms with Crippen molar-refractivity contribution < 1.29 is 23.9 Å². The van der Waals surface area contributed by atoms with Gasteiger partial charge in [-0.25, -0.2) is 0 Å². The maximum absolute atomic E-state index is 12.5. The fourth-order valence-corrected chi connectivity index (χ4v) is 3.04. The van der Waals surface area contributed by atoms with E-state index in [-0.39, 0.29) is 24.3 Å². The molecule has 0 aliphatic carbocycles. The summed E-state index contributed by atoms with van der Waals surface area (Å²) in [4.78, 5) is 39.1. The largest absolute Gasteiger partial charge is 0.497 e. The number of hydrogen-bond donors (Lipinski definition) is 0. The number of rotatable bonds is 7. The maximum Gasteiger partial charge on any atom is 0.325 e. The number of amides is 2. The zero-order valence-electron chi connectivity index (χ0n) is 15.6. The summed E-state index contributed by atoms with van der Waals surface area (Å²) in [7, 11) is 4.49. The first-order chi connectivity index (χ1) is 12.4. The molecule has 1 aromatic rings. The van der Waals surface area contributed by atoms with Crippen LogP contribution >= 0.6 is 0 Å². The molecule has 7 nitrogen and oxygen atoms in total. The van der Waals surface area contributed by atoms with Gasteiger partial charge in [-0.15, -0.1) is 0 Å². The molecule has 0 N–H and O–H groups in total. The Morgan fingerprint density at radius 1 is 1.23 bits per heavy atom. The van der Waals surface area contributed by atoms with Crippen molar-refractivity contribution in [3.8, 4) is 5.75 Å². The Bertz CT molecular complexity index is 644. The van der Waals surface area contributed by atoms with Crippen LogP contribution < -0.4 is 4.74 Å². The van der Waals surface area contributed by atoms with Gasteiger partial charge in [0.15, 0.2) is 0 Å². The number of methoxy groups -OCH3 is 2. The van der Waals surface area contributed by atoms with Crippen molar-refractivity contribution in [2.24, 2.45) is 5.92 Å². The number of benzene rings is 1. The average Bonchev–Trinajstić information content (AvgIpc) is 2.67. The summed E-state index contributed by atoms with van der Waals surface area (Å²) in [5.74, 6) is -0.0000425. The number of hydrogen-bond acceptors (Lipinski definition) is 5. The van der Waals surface area contributed by atoms with Crippen molar-refractivity contribution in [3.05, 3.63) is 29.8 Å². The molecule has 0 radical (unpaired) electrons. The molecule has 1 unspecified atom stereocenters. The number of likely N-dealkylation sites (tertiary alicyclic amines) is 1. The Balaban J connectivity index is 1.91. The molecule has 26 heavy (non-hydrogen) atoms. The Morgan fingerprint density at radius 2 is 1.92 bits per heavy atom. The average molecular weight is 362 g/mol. The lowest BCUT2D eigenvalue weighted by molar-refractivity contribution is -0.149. The third-order valence-electron chi connectivity index (χ3n) is 4.65. The molecule has 2 rings (SSSR count). The second-order valence-corrected chi connectivity index (χ2v) is 6.44. The predicted molar refractivity (Wildman–Crippen MR) is 95.7 cm³/mol. The maximum atomic E-state index is 12.5. The van der Waals surface area contributed by atoms with Crippen molar-refractivity contribution in [1.82, 2.24) is 9.80 Å². The van der Waals surface area contributed by atoms with Crippen LogP contribution in [0, 0.1) is 5.92 Å². The van der Waals surface area contributed by atoms with Gasteiger partial charge < -0.3 is 19.3 Å². The Hall–Kier alpha value is -2.57. The summed E-state index contributed by atoms with van der Waals surface area (Å²) in [6.07, 6.45) is 1.59. The Morgan fingerprint density at radius 3 is 2.54 bits per heavy atom. The Labute approximate surface area is 153 Å². The third kappa shape index (κ3) is 5.21. The third-order valence-corrected chi connectivity index (χ3v) is 4.65. The van der Waals surface area contributed by atoms with E-state index >= 15 is 0 Å².